The Morgan fingerprint density at radius 1 is 1.31 bits per heavy atom. The minimum Gasteiger partial charge on any atom is -0.299 e. The molecule has 0 aliphatic heterocycles. The fourth-order valence-electron chi connectivity index (χ4n) is 1.85. The van der Waals surface area contributed by atoms with Gasteiger partial charge in [-0.2, -0.15) is 0 Å². The van der Waals surface area contributed by atoms with Gasteiger partial charge in [0, 0.05) is 25.0 Å². The van der Waals surface area contributed by atoms with Crippen LogP contribution in [0.3, 0.4) is 0 Å². The molecule has 0 aromatic carbocycles. The summed E-state index contributed by atoms with van der Waals surface area (Å²) in [5.74, 6) is 1.67. The van der Waals surface area contributed by atoms with Gasteiger partial charge in [-0.1, -0.05) is 26.7 Å². The largest absolute Gasteiger partial charge is 0.299 e. The average Bonchev–Trinajstić information content (AvgIpc) is 2.95. The first-order valence-electron chi connectivity index (χ1n) is 5.61. The molecule has 0 radical (unpaired) electrons. The summed E-state index contributed by atoms with van der Waals surface area (Å²) in [5, 5.41) is 0. The summed E-state index contributed by atoms with van der Waals surface area (Å²) in [5.41, 5.74) is 0. The molecule has 1 rings (SSSR count). The third kappa shape index (κ3) is 3.86. The molecule has 1 aliphatic carbocycles. The maximum absolute atomic E-state index is 5.80. The van der Waals surface area contributed by atoms with Crippen molar-refractivity contribution in [2.75, 3.05) is 19.0 Å². The zero-order valence-corrected chi connectivity index (χ0v) is 9.69. The molecule has 0 heterocycles. The lowest BCUT2D eigenvalue weighted by atomic mass is 10.0. The molecule has 0 aromatic heterocycles. The lowest BCUT2D eigenvalue weighted by molar-refractivity contribution is 0.226. The molecule has 2 heteroatoms. The van der Waals surface area contributed by atoms with Gasteiger partial charge < -0.3 is 0 Å². The molecule has 0 spiro atoms. The number of nitrogens with zero attached hydrogens (tertiary/aromatic N) is 1. The topological polar surface area (TPSA) is 3.24 Å². The highest BCUT2D eigenvalue weighted by Crippen LogP contribution is 2.28. The van der Waals surface area contributed by atoms with Gasteiger partial charge in [0.25, 0.3) is 0 Å². The molecule has 78 valence electrons. The lowest BCUT2D eigenvalue weighted by Gasteiger charge is -2.25. The number of rotatable bonds is 7. The maximum atomic E-state index is 5.80. The molecule has 1 nitrogen and oxygen atoms in total. The van der Waals surface area contributed by atoms with E-state index in [0.717, 1.165) is 24.4 Å². The van der Waals surface area contributed by atoms with E-state index in [4.69, 9.17) is 11.6 Å². The minimum atomic E-state index is 0.788. The monoisotopic (exact) mass is 203 g/mol. The standard InChI is InChI=1S/C11H22ClN/c1-3-10(4-2)9-13(8-7-12)11-5-6-11/h10-11H,3-9H2,1-2H3. The van der Waals surface area contributed by atoms with Gasteiger partial charge in [-0.25, -0.2) is 0 Å². The zero-order chi connectivity index (χ0) is 9.68. The van der Waals surface area contributed by atoms with Crippen molar-refractivity contribution in [3.63, 3.8) is 0 Å². The van der Waals surface area contributed by atoms with Crippen LogP contribution >= 0.6 is 11.6 Å². The first-order chi connectivity index (χ1) is 6.31. The van der Waals surface area contributed by atoms with Crippen LogP contribution < -0.4 is 0 Å². The van der Waals surface area contributed by atoms with E-state index in [1.54, 1.807) is 0 Å². The van der Waals surface area contributed by atoms with Gasteiger partial charge in [-0.05, 0) is 18.8 Å². The normalized spacial score (nSPS) is 17.3. The highest BCUT2D eigenvalue weighted by molar-refractivity contribution is 6.18. The predicted molar refractivity (Wildman–Crippen MR) is 59.4 cm³/mol. The Bertz CT molecular complexity index is 130. The molecule has 0 aromatic rings. The van der Waals surface area contributed by atoms with Gasteiger partial charge in [0.1, 0.15) is 0 Å². The second kappa shape index (κ2) is 5.87. The molecule has 1 saturated carbocycles. The Morgan fingerprint density at radius 2 is 1.92 bits per heavy atom. The van der Waals surface area contributed by atoms with Crippen molar-refractivity contribution in [3.05, 3.63) is 0 Å². The van der Waals surface area contributed by atoms with Crippen LogP contribution in [-0.4, -0.2) is 29.9 Å². The number of hydrogen-bond acceptors (Lipinski definition) is 1. The van der Waals surface area contributed by atoms with Gasteiger partial charge in [0.2, 0.25) is 0 Å². The fourth-order valence-corrected chi connectivity index (χ4v) is 2.07. The van der Waals surface area contributed by atoms with E-state index in [1.807, 2.05) is 0 Å². The van der Waals surface area contributed by atoms with Crippen molar-refractivity contribution >= 4 is 11.6 Å². The average molecular weight is 204 g/mol. The molecule has 1 aliphatic rings. The van der Waals surface area contributed by atoms with Crippen molar-refractivity contribution < 1.29 is 0 Å². The van der Waals surface area contributed by atoms with Crippen molar-refractivity contribution in [1.82, 2.24) is 4.90 Å². The highest BCUT2D eigenvalue weighted by atomic mass is 35.5. The van der Waals surface area contributed by atoms with E-state index in [2.05, 4.69) is 18.7 Å². The van der Waals surface area contributed by atoms with Crippen LogP contribution in [-0.2, 0) is 0 Å². The Kier molecular flexibility index (Phi) is 5.12. The summed E-state index contributed by atoms with van der Waals surface area (Å²) < 4.78 is 0. The van der Waals surface area contributed by atoms with Gasteiger partial charge in [-0.15, -0.1) is 11.6 Å². The fraction of sp³-hybridized carbons (Fsp3) is 1.00. The quantitative estimate of drug-likeness (QED) is 0.575. The Balaban J connectivity index is 2.27. The zero-order valence-electron chi connectivity index (χ0n) is 8.93. The van der Waals surface area contributed by atoms with Crippen LogP contribution in [0.15, 0.2) is 0 Å². The molecule has 0 N–H and O–H groups in total. The van der Waals surface area contributed by atoms with E-state index in [9.17, 15) is 0 Å². The summed E-state index contributed by atoms with van der Waals surface area (Å²) in [4.78, 5) is 2.59. The summed E-state index contributed by atoms with van der Waals surface area (Å²) in [6.07, 6.45) is 5.41. The number of hydrogen-bond donors (Lipinski definition) is 0. The third-order valence-corrected chi connectivity index (χ3v) is 3.25. The second-order valence-corrected chi connectivity index (χ2v) is 4.48. The van der Waals surface area contributed by atoms with Gasteiger partial charge >= 0.3 is 0 Å². The molecule has 1 fully saturated rings. The molecule has 0 bridgehead atoms. The van der Waals surface area contributed by atoms with Crippen LogP contribution in [0.1, 0.15) is 39.5 Å². The SMILES string of the molecule is CCC(CC)CN(CCCl)C1CC1. The van der Waals surface area contributed by atoms with Crippen LogP contribution in [0.25, 0.3) is 0 Å². The van der Waals surface area contributed by atoms with Crippen molar-refractivity contribution in [3.8, 4) is 0 Å². The van der Waals surface area contributed by atoms with Crippen LogP contribution in [0.2, 0.25) is 0 Å². The molecule has 0 unspecified atom stereocenters. The van der Waals surface area contributed by atoms with Crippen LogP contribution in [0.4, 0.5) is 0 Å². The Morgan fingerprint density at radius 3 is 2.31 bits per heavy atom. The van der Waals surface area contributed by atoms with E-state index in [0.29, 0.717) is 0 Å². The van der Waals surface area contributed by atoms with Crippen LogP contribution in [0, 0.1) is 5.92 Å². The first kappa shape index (κ1) is 11.3. The molecule has 0 saturated heterocycles. The van der Waals surface area contributed by atoms with E-state index >= 15 is 0 Å². The molecule has 0 atom stereocenters. The summed E-state index contributed by atoms with van der Waals surface area (Å²) >= 11 is 5.80. The van der Waals surface area contributed by atoms with Crippen molar-refractivity contribution in [1.29, 1.82) is 0 Å². The minimum absolute atomic E-state index is 0.788. The highest BCUT2D eigenvalue weighted by Gasteiger charge is 2.29. The Hall–Kier alpha value is 0.250. The van der Waals surface area contributed by atoms with E-state index in [1.165, 1.54) is 32.2 Å². The summed E-state index contributed by atoms with van der Waals surface area (Å²) in [6.45, 7) is 6.94. The molecular formula is C11H22ClN. The molecule has 13 heavy (non-hydrogen) atoms. The first-order valence-corrected chi connectivity index (χ1v) is 6.15. The predicted octanol–water partition coefficient (Wildman–Crippen LogP) is 3.13. The number of halogens is 1. The van der Waals surface area contributed by atoms with Crippen LogP contribution in [0.5, 0.6) is 0 Å². The summed E-state index contributed by atoms with van der Waals surface area (Å²) in [7, 11) is 0. The smallest absolute Gasteiger partial charge is 0.0351 e. The number of alkyl halides is 1. The van der Waals surface area contributed by atoms with Gasteiger partial charge in [0.05, 0.1) is 0 Å². The van der Waals surface area contributed by atoms with Gasteiger partial charge in [0.15, 0.2) is 0 Å². The van der Waals surface area contributed by atoms with E-state index < -0.39 is 0 Å². The summed E-state index contributed by atoms with van der Waals surface area (Å²) in [6, 6.07) is 0.874. The second-order valence-electron chi connectivity index (χ2n) is 4.10. The third-order valence-electron chi connectivity index (χ3n) is 3.08. The maximum Gasteiger partial charge on any atom is 0.0351 e. The molecule has 0 amide bonds. The Labute approximate surface area is 87.4 Å². The van der Waals surface area contributed by atoms with E-state index in [-0.39, 0.29) is 0 Å². The molecular weight excluding hydrogens is 182 g/mol. The van der Waals surface area contributed by atoms with Crippen molar-refractivity contribution in [2.45, 2.75) is 45.6 Å². The van der Waals surface area contributed by atoms with Crippen molar-refractivity contribution in [2.24, 2.45) is 5.92 Å². The van der Waals surface area contributed by atoms with Gasteiger partial charge in [-0.3, -0.25) is 4.90 Å². The lowest BCUT2D eigenvalue weighted by Crippen LogP contribution is -2.33.